The predicted molar refractivity (Wildman–Crippen MR) is 93.9 cm³/mol. The van der Waals surface area contributed by atoms with Crippen molar-refractivity contribution in [2.45, 2.75) is 19.9 Å². The summed E-state index contributed by atoms with van der Waals surface area (Å²) in [5, 5.41) is 3.27. The van der Waals surface area contributed by atoms with Crippen LogP contribution < -0.4 is 5.32 Å². The molecule has 0 bridgehead atoms. The number of fused-ring (bicyclic) bond motifs is 2. The lowest BCUT2D eigenvalue weighted by atomic mass is 9.83. The number of anilines is 1. The minimum Gasteiger partial charge on any atom is -0.381 e. The van der Waals surface area contributed by atoms with Gasteiger partial charge in [0, 0.05) is 26.1 Å². The van der Waals surface area contributed by atoms with Gasteiger partial charge in [0.2, 0.25) is 0 Å². The number of halogens is 2. The van der Waals surface area contributed by atoms with Crippen LogP contribution in [0.3, 0.4) is 0 Å². The van der Waals surface area contributed by atoms with Gasteiger partial charge < -0.3 is 5.32 Å². The summed E-state index contributed by atoms with van der Waals surface area (Å²) in [4.78, 5) is 25.7. The Kier molecular flexibility index (Phi) is 3.95. The lowest BCUT2D eigenvalue weighted by Crippen LogP contribution is -2.24. The molecule has 0 radical (unpaired) electrons. The highest BCUT2D eigenvalue weighted by atomic mass is 79.9. The largest absolute Gasteiger partial charge is 0.381 e. The Morgan fingerprint density at radius 1 is 0.909 bits per heavy atom. The van der Waals surface area contributed by atoms with Gasteiger partial charge in [0.25, 0.3) is 0 Å². The van der Waals surface area contributed by atoms with Crippen molar-refractivity contribution in [2.24, 2.45) is 0 Å². The summed E-state index contributed by atoms with van der Waals surface area (Å²) in [7, 11) is 0. The number of carbonyl (C=O) groups is 2. The first-order valence-electron chi connectivity index (χ1n) is 6.88. The molecule has 0 amide bonds. The molecule has 3 rings (SSSR count). The molecule has 1 aliphatic rings. The van der Waals surface area contributed by atoms with E-state index in [1.807, 2.05) is 19.9 Å². The number of hydrogen-bond donors (Lipinski definition) is 1. The van der Waals surface area contributed by atoms with E-state index >= 15 is 0 Å². The second kappa shape index (κ2) is 5.63. The normalized spacial score (nSPS) is 13.1. The molecule has 2 aromatic rings. The SMILES string of the molecule is CC(C)Nc1c(Br)cc(Br)c2c1C(=O)c1ccccc1C2=O. The van der Waals surface area contributed by atoms with Gasteiger partial charge in [-0.1, -0.05) is 24.3 Å². The average Bonchev–Trinajstić information content (AvgIpc) is 2.47. The van der Waals surface area contributed by atoms with E-state index in [0.29, 0.717) is 32.4 Å². The van der Waals surface area contributed by atoms with Crippen molar-refractivity contribution in [3.8, 4) is 0 Å². The Hall–Kier alpha value is -1.46. The molecule has 0 aromatic heterocycles. The molecule has 0 aliphatic heterocycles. The van der Waals surface area contributed by atoms with Crippen LogP contribution in [0.1, 0.15) is 45.7 Å². The lowest BCUT2D eigenvalue weighted by molar-refractivity contribution is 0.0979. The third-order valence-electron chi connectivity index (χ3n) is 3.53. The summed E-state index contributed by atoms with van der Waals surface area (Å²) in [5.74, 6) is -0.258. The first-order chi connectivity index (χ1) is 10.4. The van der Waals surface area contributed by atoms with Crippen LogP contribution in [-0.2, 0) is 0 Å². The van der Waals surface area contributed by atoms with Gasteiger partial charge >= 0.3 is 0 Å². The summed E-state index contributed by atoms with van der Waals surface area (Å²) in [6.07, 6.45) is 0. The van der Waals surface area contributed by atoms with Crippen molar-refractivity contribution in [2.75, 3.05) is 5.32 Å². The van der Waals surface area contributed by atoms with Gasteiger partial charge in [0.05, 0.1) is 16.8 Å². The molecule has 0 saturated carbocycles. The summed E-state index contributed by atoms with van der Waals surface area (Å²) in [6, 6.07) is 8.89. The molecule has 2 aromatic carbocycles. The van der Waals surface area contributed by atoms with Crippen LogP contribution >= 0.6 is 31.9 Å². The second-order valence-corrected chi connectivity index (χ2v) is 7.18. The van der Waals surface area contributed by atoms with E-state index in [2.05, 4.69) is 37.2 Å². The molecule has 1 N–H and O–H groups in total. The molecule has 0 atom stereocenters. The third kappa shape index (κ3) is 2.32. The first-order valence-corrected chi connectivity index (χ1v) is 8.47. The van der Waals surface area contributed by atoms with Crippen LogP contribution in [0, 0.1) is 0 Å². The van der Waals surface area contributed by atoms with Crippen molar-refractivity contribution in [1.82, 2.24) is 0 Å². The van der Waals surface area contributed by atoms with Crippen LogP contribution in [0.5, 0.6) is 0 Å². The van der Waals surface area contributed by atoms with Gasteiger partial charge in [0.1, 0.15) is 0 Å². The number of ketones is 2. The molecule has 22 heavy (non-hydrogen) atoms. The zero-order chi connectivity index (χ0) is 16.0. The quantitative estimate of drug-likeness (QED) is 0.644. The highest BCUT2D eigenvalue weighted by molar-refractivity contribution is 9.11. The maximum atomic E-state index is 12.9. The van der Waals surface area contributed by atoms with E-state index in [1.165, 1.54) is 0 Å². The van der Waals surface area contributed by atoms with E-state index in [0.717, 1.165) is 4.47 Å². The van der Waals surface area contributed by atoms with E-state index in [-0.39, 0.29) is 17.6 Å². The van der Waals surface area contributed by atoms with Gasteiger partial charge in [0.15, 0.2) is 11.6 Å². The maximum absolute atomic E-state index is 12.9. The third-order valence-corrected chi connectivity index (χ3v) is 4.79. The summed E-state index contributed by atoms with van der Waals surface area (Å²) < 4.78 is 1.38. The number of carbonyl (C=O) groups excluding carboxylic acids is 2. The van der Waals surface area contributed by atoms with E-state index in [9.17, 15) is 9.59 Å². The van der Waals surface area contributed by atoms with E-state index < -0.39 is 0 Å². The second-order valence-electron chi connectivity index (χ2n) is 5.47. The Bertz CT molecular complexity index is 813. The van der Waals surface area contributed by atoms with Gasteiger partial charge in [-0.2, -0.15) is 0 Å². The Morgan fingerprint density at radius 2 is 1.45 bits per heavy atom. The van der Waals surface area contributed by atoms with Gasteiger partial charge in [-0.3, -0.25) is 9.59 Å². The monoisotopic (exact) mass is 421 g/mol. The van der Waals surface area contributed by atoms with Crippen LogP contribution in [-0.4, -0.2) is 17.6 Å². The predicted octanol–water partition coefficient (Wildman–Crippen LogP) is 4.81. The van der Waals surface area contributed by atoms with E-state index in [1.54, 1.807) is 24.3 Å². The Labute approximate surface area is 145 Å². The fraction of sp³-hybridized carbons (Fsp3) is 0.176. The molecular weight excluding hydrogens is 410 g/mol. The molecule has 0 fully saturated rings. The van der Waals surface area contributed by atoms with E-state index in [4.69, 9.17) is 0 Å². The van der Waals surface area contributed by atoms with Crippen molar-refractivity contribution >= 4 is 49.1 Å². The molecule has 0 unspecified atom stereocenters. The summed E-state index contributed by atoms with van der Waals surface area (Å²) >= 11 is 6.91. The fourth-order valence-electron chi connectivity index (χ4n) is 2.65. The van der Waals surface area contributed by atoms with Gasteiger partial charge in [-0.25, -0.2) is 0 Å². The van der Waals surface area contributed by atoms with Crippen LogP contribution in [0.25, 0.3) is 0 Å². The Morgan fingerprint density at radius 3 is 2.00 bits per heavy atom. The zero-order valence-electron chi connectivity index (χ0n) is 12.0. The Balaban J connectivity index is 2.34. The number of benzene rings is 2. The standard InChI is InChI=1S/C17H13Br2NO2/c1-8(2)20-15-12(19)7-11(18)13-14(15)17(22)10-6-4-3-5-9(10)16(13)21/h3-8,20H,1-2H3. The van der Waals surface area contributed by atoms with Crippen LogP contribution in [0.15, 0.2) is 39.3 Å². The molecule has 3 nitrogen and oxygen atoms in total. The number of nitrogens with one attached hydrogen (secondary N) is 1. The molecule has 0 heterocycles. The number of rotatable bonds is 2. The highest BCUT2D eigenvalue weighted by Crippen LogP contribution is 2.40. The van der Waals surface area contributed by atoms with Crippen molar-refractivity contribution < 1.29 is 9.59 Å². The van der Waals surface area contributed by atoms with Gasteiger partial charge in [-0.15, -0.1) is 0 Å². The number of hydrogen-bond acceptors (Lipinski definition) is 3. The van der Waals surface area contributed by atoms with Crippen molar-refractivity contribution in [3.63, 3.8) is 0 Å². The zero-order valence-corrected chi connectivity index (χ0v) is 15.2. The minimum atomic E-state index is -0.129. The highest BCUT2D eigenvalue weighted by Gasteiger charge is 2.34. The van der Waals surface area contributed by atoms with Crippen molar-refractivity contribution in [1.29, 1.82) is 0 Å². The smallest absolute Gasteiger partial charge is 0.196 e. The molecule has 1 aliphatic carbocycles. The lowest BCUT2D eigenvalue weighted by Gasteiger charge is -2.24. The summed E-state index contributed by atoms with van der Waals surface area (Å²) in [6.45, 7) is 3.98. The van der Waals surface area contributed by atoms with Gasteiger partial charge in [-0.05, 0) is 51.8 Å². The fourth-order valence-corrected chi connectivity index (χ4v) is 4.10. The van der Waals surface area contributed by atoms with Crippen LogP contribution in [0.2, 0.25) is 0 Å². The molecule has 112 valence electrons. The average molecular weight is 423 g/mol. The van der Waals surface area contributed by atoms with Crippen LogP contribution in [0.4, 0.5) is 5.69 Å². The first kappa shape index (κ1) is 15.4. The topological polar surface area (TPSA) is 46.2 Å². The summed E-state index contributed by atoms with van der Waals surface area (Å²) in [5.41, 5.74) is 2.44. The molecule has 0 saturated heterocycles. The molecule has 0 spiro atoms. The van der Waals surface area contributed by atoms with Crippen molar-refractivity contribution in [3.05, 3.63) is 61.5 Å². The maximum Gasteiger partial charge on any atom is 0.196 e. The minimum absolute atomic E-state index is 0.128. The molecular formula is C17H13Br2NO2. The molecule has 5 heteroatoms.